The van der Waals surface area contributed by atoms with Crippen molar-refractivity contribution in [2.24, 2.45) is 5.92 Å². The number of carbonyl (C=O) groups is 1. The molecule has 0 unspecified atom stereocenters. The molecule has 1 aliphatic rings. The highest BCUT2D eigenvalue weighted by molar-refractivity contribution is 5.79. The van der Waals surface area contributed by atoms with Crippen LogP contribution in [-0.4, -0.2) is 43.4 Å². The van der Waals surface area contributed by atoms with Gasteiger partial charge < -0.3 is 19.7 Å². The van der Waals surface area contributed by atoms with Crippen LogP contribution in [0, 0.1) is 11.7 Å². The molecule has 0 spiro atoms. The van der Waals surface area contributed by atoms with E-state index in [1.54, 1.807) is 32.4 Å². The summed E-state index contributed by atoms with van der Waals surface area (Å²) in [5.74, 6) is 1.70. The van der Waals surface area contributed by atoms with Gasteiger partial charge in [-0.2, -0.15) is 0 Å². The fourth-order valence-electron chi connectivity index (χ4n) is 3.99. The van der Waals surface area contributed by atoms with Crippen molar-refractivity contribution >= 4 is 11.7 Å². The third-order valence-corrected chi connectivity index (χ3v) is 5.85. The first-order chi connectivity index (χ1) is 16.1. The first-order valence-electron chi connectivity index (χ1n) is 10.9. The minimum absolute atomic E-state index is 0.00784. The van der Waals surface area contributed by atoms with E-state index < -0.39 is 0 Å². The number of nitrogens with one attached hydrogen (secondary N) is 1. The van der Waals surface area contributed by atoms with E-state index in [2.05, 4.69) is 20.4 Å². The van der Waals surface area contributed by atoms with Crippen LogP contribution < -0.4 is 19.7 Å². The Morgan fingerprint density at radius 3 is 2.61 bits per heavy atom. The predicted octanol–water partition coefficient (Wildman–Crippen LogP) is 3.83. The molecular formula is C25H27FN4O3. The van der Waals surface area contributed by atoms with E-state index in [1.807, 2.05) is 24.3 Å². The second-order valence-electron chi connectivity index (χ2n) is 7.96. The number of carbonyl (C=O) groups excluding carboxylic acids is 1. The first-order valence-corrected chi connectivity index (χ1v) is 10.9. The summed E-state index contributed by atoms with van der Waals surface area (Å²) in [4.78, 5) is 15.0. The number of anilines is 1. The van der Waals surface area contributed by atoms with Crippen LogP contribution in [0.15, 0.2) is 54.6 Å². The van der Waals surface area contributed by atoms with Gasteiger partial charge in [-0.1, -0.05) is 0 Å². The summed E-state index contributed by atoms with van der Waals surface area (Å²) in [5.41, 5.74) is 2.38. The fraction of sp³-hybridized carbons (Fsp3) is 0.320. The lowest BCUT2D eigenvalue weighted by atomic mass is 9.97. The minimum Gasteiger partial charge on any atom is -0.497 e. The standard InChI is InChI=1S/C25H27FN4O3/c1-32-21-10-7-18(23(14-21)33-2)15-27-25(31)19-4-3-13-30(16-19)24-12-11-22(28-29-24)17-5-8-20(26)9-6-17/h5-12,14,19H,3-4,13,15-16H2,1-2H3,(H,27,31)/t19-/m1/s1. The number of amides is 1. The number of methoxy groups -OCH3 is 2. The Morgan fingerprint density at radius 2 is 1.91 bits per heavy atom. The van der Waals surface area contributed by atoms with Crippen LogP contribution in [-0.2, 0) is 11.3 Å². The number of nitrogens with zero attached hydrogens (tertiary/aromatic N) is 3. The lowest BCUT2D eigenvalue weighted by Gasteiger charge is -2.32. The molecule has 8 heteroatoms. The van der Waals surface area contributed by atoms with Gasteiger partial charge in [0.05, 0.1) is 25.8 Å². The molecule has 0 radical (unpaired) electrons. The van der Waals surface area contributed by atoms with E-state index >= 15 is 0 Å². The van der Waals surface area contributed by atoms with E-state index in [1.165, 1.54) is 12.1 Å². The van der Waals surface area contributed by atoms with Gasteiger partial charge in [-0.25, -0.2) is 4.39 Å². The summed E-state index contributed by atoms with van der Waals surface area (Å²) in [6, 6.07) is 15.5. The summed E-state index contributed by atoms with van der Waals surface area (Å²) in [5, 5.41) is 11.7. The number of aromatic nitrogens is 2. The summed E-state index contributed by atoms with van der Waals surface area (Å²) in [6.07, 6.45) is 1.72. The zero-order valence-corrected chi connectivity index (χ0v) is 18.8. The normalized spacial score (nSPS) is 15.7. The van der Waals surface area contributed by atoms with Crippen molar-refractivity contribution in [3.63, 3.8) is 0 Å². The van der Waals surface area contributed by atoms with Crippen LogP contribution in [0.5, 0.6) is 11.5 Å². The molecule has 172 valence electrons. The van der Waals surface area contributed by atoms with Crippen LogP contribution in [0.3, 0.4) is 0 Å². The van der Waals surface area contributed by atoms with Gasteiger partial charge in [0.1, 0.15) is 17.3 Å². The Morgan fingerprint density at radius 1 is 1.09 bits per heavy atom. The van der Waals surface area contributed by atoms with Gasteiger partial charge in [-0.05, 0) is 61.4 Å². The summed E-state index contributed by atoms with van der Waals surface area (Å²) >= 11 is 0. The number of hydrogen-bond donors (Lipinski definition) is 1. The monoisotopic (exact) mass is 450 g/mol. The van der Waals surface area contributed by atoms with Crippen molar-refractivity contribution in [2.75, 3.05) is 32.2 Å². The number of piperidine rings is 1. The quantitative estimate of drug-likeness (QED) is 0.590. The molecule has 0 bridgehead atoms. The van der Waals surface area contributed by atoms with Gasteiger partial charge in [0.2, 0.25) is 5.91 Å². The summed E-state index contributed by atoms with van der Waals surface area (Å²) in [6.45, 7) is 1.78. The maximum Gasteiger partial charge on any atom is 0.225 e. The Bertz CT molecular complexity index is 1090. The molecule has 1 aliphatic heterocycles. The van der Waals surface area contributed by atoms with Gasteiger partial charge >= 0.3 is 0 Å². The fourth-order valence-corrected chi connectivity index (χ4v) is 3.99. The largest absolute Gasteiger partial charge is 0.497 e. The van der Waals surface area contributed by atoms with E-state index in [4.69, 9.17) is 9.47 Å². The Balaban J connectivity index is 1.37. The molecule has 4 rings (SSSR count). The molecule has 1 aromatic heterocycles. The molecule has 2 heterocycles. The van der Waals surface area contributed by atoms with Crippen LogP contribution in [0.25, 0.3) is 11.3 Å². The average molecular weight is 451 g/mol. The van der Waals surface area contributed by atoms with Crippen molar-refractivity contribution in [3.8, 4) is 22.8 Å². The SMILES string of the molecule is COc1ccc(CNC(=O)[C@@H]2CCCN(c3ccc(-c4ccc(F)cc4)nn3)C2)c(OC)c1. The second-order valence-corrected chi connectivity index (χ2v) is 7.96. The van der Waals surface area contributed by atoms with E-state index in [0.717, 1.165) is 36.3 Å². The number of ether oxygens (including phenoxy) is 2. The van der Waals surface area contributed by atoms with E-state index in [0.29, 0.717) is 30.3 Å². The molecule has 7 nitrogen and oxygen atoms in total. The van der Waals surface area contributed by atoms with Crippen molar-refractivity contribution in [1.29, 1.82) is 0 Å². The Kier molecular flexibility index (Phi) is 7.02. The number of halogens is 1. The van der Waals surface area contributed by atoms with Crippen molar-refractivity contribution < 1.29 is 18.7 Å². The smallest absolute Gasteiger partial charge is 0.225 e. The highest BCUT2D eigenvalue weighted by Gasteiger charge is 2.27. The Hall–Kier alpha value is -3.68. The van der Waals surface area contributed by atoms with Crippen molar-refractivity contribution in [2.45, 2.75) is 19.4 Å². The molecule has 33 heavy (non-hydrogen) atoms. The molecular weight excluding hydrogens is 423 g/mol. The van der Waals surface area contributed by atoms with Crippen LogP contribution in [0.1, 0.15) is 18.4 Å². The molecule has 2 aromatic carbocycles. The zero-order chi connectivity index (χ0) is 23.2. The summed E-state index contributed by atoms with van der Waals surface area (Å²) in [7, 11) is 3.20. The number of rotatable bonds is 7. The predicted molar refractivity (Wildman–Crippen MR) is 124 cm³/mol. The third kappa shape index (κ3) is 5.39. The Labute approximate surface area is 192 Å². The maximum absolute atomic E-state index is 13.1. The third-order valence-electron chi connectivity index (χ3n) is 5.85. The first kappa shape index (κ1) is 22.5. The average Bonchev–Trinajstić information content (AvgIpc) is 2.87. The van der Waals surface area contributed by atoms with Crippen LogP contribution >= 0.6 is 0 Å². The van der Waals surface area contributed by atoms with Crippen molar-refractivity contribution in [1.82, 2.24) is 15.5 Å². The minimum atomic E-state index is -0.286. The summed E-state index contributed by atoms with van der Waals surface area (Å²) < 4.78 is 23.8. The topological polar surface area (TPSA) is 76.6 Å². The molecule has 1 atom stereocenters. The second kappa shape index (κ2) is 10.3. The molecule has 0 saturated carbocycles. The zero-order valence-electron chi connectivity index (χ0n) is 18.8. The molecule has 1 saturated heterocycles. The van der Waals surface area contributed by atoms with E-state index in [9.17, 15) is 9.18 Å². The van der Waals surface area contributed by atoms with Gasteiger partial charge in [-0.15, -0.1) is 10.2 Å². The molecule has 3 aromatic rings. The lowest BCUT2D eigenvalue weighted by molar-refractivity contribution is -0.125. The van der Waals surface area contributed by atoms with Crippen LogP contribution in [0.2, 0.25) is 0 Å². The van der Waals surface area contributed by atoms with Gasteiger partial charge in [0, 0.05) is 36.8 Å². The van der Waals surface area contributed by atoms with Gasteiger partial charge in [-0.3, -0.25) is 4.79 Å². The number of hydrogen-bond acceptors (Lipinski definition) is 6. The lowest BCUT2D eigenvalue weighted by Crippen LogP contribution is -2.43. The maximum atomic E-state index is 13.1. The van der Waals surface area contributed by atoms with Gasteiger partial charge in [0.25, 0.3) is 0 Å². The highest BCUT2D eigenvalue weighted by Crippen LogP contribution is 2.26. The van der Waals surface area contributed by atoms with E-state index in [-0.39, 0.29) is 17.6 Å². The highest BCUT2D eigenvalue weighted by atomic mass is 19.1. The molecule has 1 amide bonds. The van der Waals surface area contributed by atoms with Crippen molar-refractivity contribution in [3.05, 3.63) is 66.0 Å². The molecule has 1 fully saturated rings. The molecule has 1 N–H and O–H groups in total. The van der Waals surface area contributed by atoms with Gasteiger partial charge in [0.15, 0.2) is 5.82 Å². The molecule has 0 aliphatic carbocycles. The van der Waals surface area contributed by atoms with Crippen LogP contribution in [0.4, 0.5) is 10.2 Å². The number of benzene rings is 2.